The monoisotopic (exact) mass is 234 g/mol. The van der Waals surface area contributed by atoms with Gasteiger partial charge in [-0.25, -0.2) is 0 Å². The van der Waals surface area contributed by atoms with Gasteiger partial charge in [-0.2, -0.15) is 10.4 Å². The molecule has 1 rings (SSSR count). The van der Waals surface area contributed by atoms with Crippen LogP contribution >= 0.6 is 0 Å². The van der Waals surface area contributed by atoms with Crippen molar-refractivity contribution in [3.8, 4) is 6.07 Å². The lowest BCUT2D eigenvalue weighted by molar-refractivity contribution is 0.363. The Balaban J connectivity index is 2.64. The Kier molecular flexibility index (Phi) is 4.17. The van der Waals surface area contributed by atoms with E-state index in [2.05, 4.69) is 37.3 Å². The summed E-state index contributed by atoms with van der Waals surface area (Å²) in [6, 6.07) is 2.20. The van der Waals surface area contributed by atoms with Gasteiger partial charge in [0.25, 0.3) is 0 Å². The molecule has 0 spiro atoms. The van der Waals surface area contributed by atoms with E-state index in [-0.39, 0.29) is 5.41 Å². The predicted octanol–water partition coefficient (Wildman–Crippen LogP) is 2.78. The highest BCUT2D eigenvalue weighted by molar-refractivity contribution is 5.52. The first-order valence-electron chi connectivity index (χ1n) is 5.98. The van der Waals surface area contributed by atoms with Crippen LogP contribution in [0.5, 0.6) is 0 Å². The third-order valence-corrected chi connectivity index (χ3v) is 3.17. The highest BCUT2D eigenvalue weighted by atomic mass is 15.3. The molecule has 1 aromatic heterocycles. The minimum absolute atomic E-state index is 0.129. The summed E-state index contributed by atoms with van der Waals surface area (Å²) in [6.45, 7) is 9.29. The first-order valence-corrected chi connectivity index (χ1v) is 5.98. The second-order valence-electron chi connectivity index (χ2n) is 5.35. The summed E-state index contributed by atoms with van der Waals surface area (Å²) >= 11 is 0. The van der Waals surface area contributed by atoms with E-state index in [0.717, 1.165) is 30.0 Å². The zero-order chi connectivity index (χ0) is 13.1. The summed E-state index contributed by atoms with van der Waals surface area (Å²) in [7, 11) is 1.95. The molecule has 0 bridgehead atoms. The van der Waals surface area contributed by atoms with Crippen molar-refractivity contribution in [2.24, 2.45) is 12.5 Å². The molecule has 17 heavy (non-hydrogen) atoms. The predicted molar refractivity (Wildman–Crippen MR) is 69.8 cm³/mol. The van der Waals surface area contributed by atoms with Crippen LogP contribution in [-0.2, 0) is 7.05 Å². The fourth-order valence-electron chi connectivity index (χ4n) is 1.84. The van der Waals surface area contributed by atoms with Crippen LogP contribution < -0.4 is 5.32 Å². The van der Waals surface area contributed by atoms with E-state index in [4.69, 9.17) is 5.26 Å². The summed E-state index contributed by atoms with van der Waals surface area (Å²) < 4.78 is 1.89. The minimum Gasteiger partial charge on any atom is -0.382 e. The van der Waals surface area contributed by atoms with Gasteiger partial charge in [-0.15, -0.1) is 0 Å². The molecule has 1 N–H and O–H groups in total. The number of hydrogen-bond acceptors (Lipinski definition) is 3. The fourth-order valence-corrected chi connectivity index (χ4v) is 1.84. The molecular formula is C13H22N4. The highest BCUT2D eigenvalue weighted by Gasteiger charge is 2.19. The van der Waals surface area contributed by atoms with Gasteiger partial charge in [0.1, 0.15) is 0 Å². The van der Waals surface area contributed by atoms with Crippen molar-refractivity contribution < 1.29 is 0 Å². The quantitative estimate of drug-likeness (QED) is 0.852. The average Bonchev–Trinajstić information content (AvgIpc) is 2.48. The summed E-state index contributed by atoms with van der Waals surface area (Å²) in [6.07, 6.45) is 1.52. The minimum atomic E-state index is 0.129. The number of nitriles is 1. The van der Waals surface area contributed by atoms with Crippen molar-refractivity contribution in [3.05, 3.63) is 11.4 Å². The zero-order valence-corrected chi connectivity index (χ0v) is 11.5. The van der Waals surface area contributed by atoms with Gasteiger partial charge in [0.05, 0.1) is 23.1 Å². The first kappa shape index (κ1) is 13.6. The molecule has 0 aliphatic heterocycles. The van der Waals surface area contributed by atoms with Gasteiger partial charge in [0, 0.05) is 20.0 Å². The summed E-state index contributed by atoms with van der Waals surface area (Å²) in [5, 5.41) is 16.5. The molecule has 0 saturated heterocycles. The normalized spacial score (nSPS) is 11.3. The Morgan fingerprint density at radius 3 is 2.53 bits per heavy atom. The molecule has 0 aliphatic rings. The topological polar surface area (TPSA) is 53.6 Å². The molecule has 1 aromatic rings. The molecule has 0 amide bonds. The molecular weight excluding hydrogens is 212 g/mol. The van der Waals surface area contributed by atoms with E-state index in [1.165, 1.54) is 0 Å². The van der Waals surface area contributed by atoms with E-state index in [1.807, 2.05) is 18.7 Å². The van der Waals surface area contributed by atoms with Gasteiger partial charge >= 0.3 is 0 Å². The third kappa shape index (κ3) is 3.48. The Labute approximate surface area is 104 Å². The molecule has 4 nitrogen and oxygen atoms in total. The smallest absolute Gasteiger partial charge is 0.0827 e. The van der Waals surface area contributed by atoms with E-state index in [1.54, 1.807) is 0 Å². The molecule has 94 valence electrons. The second kappa shape index (κ2) is 5.22. The second-order valence-corrected chi connectivity index (χ2v) is 5.35. The molecule has 0 fully saturated rings. The first-order chi connectivity index (χ1) is 7.87. The Bertz CT molecular complexity index is 423. The van der Waals surface area contributed by atoms with Crippen molar-refractivity contribution in [2.75, 3.05) is 11.9 Å². The van der Waals surface area contributed by atoms with Crippen LogP contribution in [-0.4, -0.2) is 16.3 Å². The average molecular weight is 234 g/mol. The zero-order valence-electron chi connectivity index (χ0n) is 11.5. The van der Waals surface area contributed by atoms with Gasteiger partial charge < -0.3 is 5.32 Å². The van der Waals surface area contributed by atoms with Crippen molar-refractivity contribution >= 4 is 5.69 Å². The van der Waals surface area contributed by atoms with Crippen LogP contribution in [0.3, 0.4) is 0 Å². The summed E-state index contributed by atoms with van der Waals surface area (Å²) in [5.41, 5.74) is 3.43. The van der Waals surface area contributed by atoms with E-state index in [9.17, 15) is 0 Å². The number of hydrogen-bond donors (Lipinski definition) is 1. The molecule has 0 saturated carbocycles. The maximum Gasteiger partial charge on any atom is 0.0827 e. The maximum atomic E-state index is 8.62. The molecule has 0 aromatic carbocycles. The van der Waals surface area contributed by atoms with Crippen molar-refractivity contribution in [2.45, 2.75) is 40.5 Å². The van der Waals surface area contributed by atoms with Gasteiger partial charge in [0.2, 0.25) is 0 Å². The van der Waals surface area contributed by atoms with E-state index < -0.39 is 0 Å². The maximum absolute atomic E-state index is 8.62. The van der Waals surface area contributed by atoms with Gasteiger partial charge in [-0.3, -0.25) is 4.68 Å². The molecule has 0 radical (unpaired) electrons. The molecule has 0 unspecified atom stereocenters. The fraction of sp³-hybridized carbons (Fsp3) is 0.692. The van der Waals surface area contributed by atoms with Crippen LogP contribution in [0, 0.1) is 30.6 Å². The van der Waals surface area contributed by atoms with E-state index >= 15 is 0 Å². The number of nitrogens with one attached hydrogen (secondary N) is 1. The molecule has 0 atom stereocenters. The standard InChI is InChI=1S/C13H22N4/c1-10-12(11(2)17(5)16-10)15-9-13(3,4)7-6-8-14/h15H,6-7,9H2,1-5H3. The van der Waals surface area contributed by atoms with Crippen LogP contribution in [0.4, 0.5) is 5.69 Å². The Morgan fingerprint density at radius 1 is 1.41 bits per heavy atom. The lowest BCUT2D eigenvalue weighted by Crippen LogP contribution is -2.23. The summed E-state index contributed by atoms with van der Waals surface area (Å²) in [5.74, 6) is 0. The van der Waals surface area contributed by atoms with Gasteiger partial charge in [0.15, 0.2) is 0 Å². The number of nitrogens with zero attached hydrogens (tertiary/aromatic N) is 3. The number of rotatable bonds is 5. The summed E-state index contributed by atoms with van der Waals surface area (Å²) in [4.78, 5) is 0. The Morgan fingerprint density at radius 2 is 2.06 bits per heavy atom. The lowest BCUT2D eigenvalue weighted by atomic mass is 9.88. The number of anilines is 1. The SMILES string of the molecule is Cc1nn(C)c(C)c1NCC(C)(C)CCC#N. The lowest BCUT2D eigenvalue weighted by Gasteiger charge is -2.24. The van der Waals surface area contributed by atoms with Crippen molar-refractivity contribution in [3.63, 3.8) is 0 Å². The highest BCUT2D eigenvalue weighted by Crippen LogP contribution is 2.25. The van der Waals surface area contributed by atoms with Crippen LogP contribution in [0.15, 0.2) is 0 Å². The number of aromatic nitrogens is 2. The molecule has 4 heteroatoms. The van der Waals surface area contributed by atoms with Gasteiger partial charge in [-0.1, -0.05) is 13.8 Å². The number of aryl methyl sites for hydroxylation is 2. The van der Waals surface area contributed by atoms with Crippen LogP contribution in [0.1, 0.15) is 38.1 Å². The Hall–Kier alpha value is -1.50. The van der Waals surface area contributed by atoms with Crippen LogP contribution in [0.2, 0.25) is 0 Å². The third-order valence-electron chi connectivity index (χ3n) is 3.17. The molecule has 0 aliphatic carbocycles. The van der Waals surface area contributed by atoms with Gasteiger partial charge in [-0.05, 0) is 25.7 Å². The largest absolute Gasteiger partial charge is 0.382 e. The van der Waals surface area contributed by atoms with E-state index in [0.29, 0.717) is 6.42 Å². The molecule has 1 heterocycles. The van der Waals surface area contributed by atoms with Crippen LogP contribution in [0.25, 0.3) is 0 Å². The van der Waals surface area contributed by atoms with Crippen molar-refractivity contribution in [1.29, 1.82) is 5.26 Å². The van der Waals surface area contributed by atoms with Crippen molar-refractivity contribution in [1.82, 2.24) is 9.78 Å².